The fraction of sp³-hybridized carbons (Fsp3) is 0.143. The highest BCUT2D eigenvalue weighted by Gasteiger charge is 2.46. The van der Waals surface area contributed by atoms with E-state index in [1.54, 1.807) is 0 Å². The van der Waals surface area contributed by atoms with Crippen LogP contribution in [0.1, 0.15) is 0 Å². The Morgan fingerprint density at radius 3 is 1.78 bits per heavy atom. The third-order valence-corrected chi connectivity index (χ3v) is 3.62. The minimum absolute atomic E-state index is 0.447. The van der Waals surface area contributed by atoms with Crippen LogP contribution in [0.2, 0.25) is 0 Å². The Bertz CT molecular complexity index is 699. The first-order chi connectivity index (χ1) is 10.7. The number of rotatable bonds is 3. The predicted octanol–water partition coefficient (Wildman–Crippen LogP) is 4.25. The van der Waals surface area contributed by atoms with Gasteiger partial charge in [0.2, 0.25) is 0 Å². The standard InChI is InChI=1S/C12H10OS.C2H3F3O3S/c14-12-8-6-11(7-9-12)13-10-4-2-1-3-5-10;1-8-9(6,7)2(3,4)5/h1-9,14H;1H3. The molecule has 0 radical (unpaired) electrons. The summed E-state index contributed by atoms with van der Waals surface area (Å²) in [6.45, 7) is 0. The second-order valence-corrected chi connectivity index (χ2v) is 6.20. The summed E-state index contributed by atoms with van der Waals surface area (Å²) in [7, 11) is -4.89. The Morgan fingerprint density at radius 1 is 0.913 bits per heavy atom. The van der Waals surface area contributed by atoms with Crippen LogP contribution in [0.25, 0.3) is 0 Å². The highest BCUT2D eigenvalue weighted by Crippen LogP contribution is 2.23. The number of thiol groups is 1. The number of halogens is 3. The normalized spacial score (nSPS) is 11.3. The second-order valence-electron chi connectivity index (χ2n) is 3.98. The lowest BCUT2D eigenvalue weighted by Crippen LogP contribution is -2.23. The van der Waals surface area contributed by atoms with Crippen molar-refractivity contribution in [3.8, 4) is 11.5 Å². The molecule has 0 N–H and O–H groups in total. The van der Waals surface area contributed by atoms with Gasteiger partial charge in [-0.25, -0.2) is 0 Å². The van der Waals surface area contributed by atoms with Gasteiger partial charge in [0.15, 0.2) is 0 Å². The zero-order valence-corrected chi connectivity index (χ0v) is 13.5. The molecular formula is C14H13F3O4S2. The van der Waals surface area contributed by atoms with E-state index in [0.29, 0.717) is 7.11 Å². The smallest absolute Gasteiger partial charge is 0.457 e. The van der Waals surface area contributed by atoms with Crippen LogP contribution in [0, 0.1) is 0 Å². The van der Waals surface area contributed by atoms with Crippen molar-refractivity contribution in [1.29, 1.82) is 0 Å². The van der Waals surface area contributed by atoms with E-state index in [-0.39, 0.29) is 0 Å². The number of hydrogen-bond acceptors (Lipinski definition) is 5. The van der Waals surface area contributed by atoms with E-state index >= 15 is 0 Å². The van der Waals surface area contributed by atoms with Crippen molar-refractivity contribution in [1.82, 2.24) is 0 Å². The second kappa shape index (κ2) is 8.23. The third kappa shape index (κ3) is 6.51. The molecule has 0 unspecified atom stereocenters. The van der Waals surface area contributed by atoms with Crippen molar-refractivity contribution in [3.05, 3.63) is 54.6 Å². The summed E-state index contributed by atoms with van der Waals surface area (Å²) in [6, 6.07) is 17.3. The fourth-order valence-electron chi connectivity index (χ4n) is 1.23. The van der Waals surface area contributed by atoms with Crippen LogP contribution in [0.15, 0.2) is 59.5 Å². The van der Waals surface area contributed by atoms with E-state index in [2.05, 4.69) is 16.8 Å². The molecule has 0 bridgehead atoms. The Morgan fingerprint density at radius 2 is 1.39 bits per heavy atom. The average molecular weight is 366 g/mol. The topological polar surface area (TPSA) is 52.6 Å². The number of ether oxygens (including phenoxy) is 1. The van der Waals surface area contributed by atoms with Gasteiger partial charge >= 0.3 is 15.6 Å². The molecule has 0 aliphatic rings. The number of para-hydroxylation sites is 1. The molecule has 23 heavy (non-hydrogen) atoms. The number of benzene rings is 2. The lowest BCUT2D eigenvalue weighted by Gasteiger charge is -2.04. The van der Waals surface area contributed by atoms with Crippen LogP contribution < -0.4 is 4.74 Å². The summed E-state index contributed by atoms with van der Waals surface area (Å²) in [5, 5.41) is 0. The Kier molecular flexibility index (Phi) is 6.92. The largest absolute Gasteiger partial charge is 0.523 e. The lowest BCUT2D eigenvalue weighted by molar-refractivity contribution is -0.0526. The van der Waals surface area contributed by atoms with E-state index in [9.17, 15) is 21.6 Å². The van der Waals surface area contributed by atoms with Gasteiger partial charge < -0.3 is 4.74 Å². The van der Waals surface area contributed by atoms with Gasteiger partial charge in [-0.2, -0.15) is 21.6 Å². The molecule has 0 aliphatic heterocycles. The summed E-state index contributed by atoms with van der Waals surface area (Å²) >= 11 is 4.20. The number of alkyl halides is 3. The molecule has 4 nitrogen and oxygen atoms in total. The van der Waals surface area contributed by atoms with Gasteiger partial charge in [-0.3, -0.25) is 4.18 Å². The van der Waals surface area contributed by atoms with Crippen LogP contribution in [0.5, 0.6) is 11.5 Å². The Hall–Kier alpha value is -1.71. The van der Waals surface area contributed by atoms with Gasteiger partial charge in [-0.15, -0.1) is 12.6 Å². The van der Waals surface area contributed by atoms with Gasteiger partial charge in [0.25, 0.3) is 0 Å². The molecule has 0 saturated carbocycles. The van der Waals surface area contributed by atoms with Crippen molar-refractivity contribution in [2.75, 3.05) is 7.11 Å². The molecule has 0 aromatic heterocycles. The molecular weight excluding hydrogens is 353 g/mol. The molecule has 2 rings (SSSR count). The molecule has 0 fully saturated rings. The summed E-state index contributed by atoms with van der Waals surface area (Å²) in [4.78, 5) is 0.936. The molecule has 2 aromatic rings. The summed E-state index contributed by atoms with van der Waals surface area (Å²) < 4.78 is 61.5. The van der Waals surface area contributed by atoms with Crippen LogP contribution >= 0.6 is 12.6 Å². The Balaban J connectivity index is 0.000000257. The van der Waals surface area contributed by atoms with Crippen molar-refractivity contribution < 1.29 is 30.5 Å². The zero-order chi connectivity index (χ0) is 17.5. The quantitative estimate of drug-likeness (QED) is 0.501. The molecule has 0 spiro atoms. The van der Waals surface area contributed by atoms with Gasteiger partial charge in [-0.1, -0.05) is 18.2 Å². The van der Waals surface area contributed by atoms with E-state index in [1.165, 1.54) is 0 Å². The van der Waals surface area contributed by atoms with Crippen LogP contribution in [-0.4, -0.2) is 21.0 Å². The highest BCUT2D eigenvalue weighted by molar-refractivity contribution is 7.87. The maximum Gasteiger partial charge on any atom is 0.523 e. The molecule has 0 atom stereocenters. The van der Waals surface area contributed by atoms with Gasteiger partial charge in [-0.05, 0) is 36.4 Å². The van der Waals surface area contributed by atoms with Gasteiger partial charge in [0, 0.05) is 4.90 Å². The minimum Gasteiger partial charge on any atom is -0.457 e. The average Bonchev–Trinajstić information content (AvgIpc) is 2.50. The third-order valence-electron chi connectivity index (χ3n) is 2.32. The van der Waals surface area contributed by atoms with Crippen molar-refractivity contribution in [2.24, 2.45) is 0 Å². The van der Waals surface area contributed by atoms with E-state index in [0.717, 1.165) is 16.4 Å². The molecule has 0 heterocycles. The van der Waals surface area contributed by atoms with Crippen LogP contribution in [-0.2, 0) is 14.3 Å². The first kappa shape index (κ1) is 19.3. The van der Waals surface area contributed by atoms with Crippen molar-refractivity contribution in [2.45, 2.75) is 10.4 Å². The first-order valence-electron chi connectivity index (χ1n) is 6.04. The van der Waals surface area contributed by atoms with Crippen LogP contribution in [0.3, 0.4) is 0 Å². The molecule has 126 valence electrons. The maximum absolute atomic E-state index is 11.1. The van der Waals surface area contributed by atoms with Crippen LogP contribution in [0.4, 0.5) is 13.2 Å². The van der Waals surface area contributed by atoms with Gasteiger partial charge in [0.1, 0.15) is 11.5 Å². The molecule has 9 heteroatoms. The molecule has 2 aromatic carbocycles. The number of hydrogen-bond donors (Lipinski definition) is 1. The van der Waals surface area contributed by atoms with Crippen molar-refractivity contribution in [3.63, 3.8) is 0 Å². The minimum atomic E-state index is -5.34. The summed E-state index contributed by atoms with van der Waals surface area (Å²) in [6.07, 6.45) is 0. The van der Waals surface area contributed by atoms with E-state index in [1.807, 2.05) is 54.6 Å². The summed E-state index contributed by atoms with van der Waals surface area (Å²) in [5.41, 5.74) is -5.30. The molecule has 0 aliphatic carbocycles. The zero-order valence-electron chi connectivity index (χ0n) is 11.8. The monoisotopic (exact) mass is 366 g/mol. The SMILES string of the molecule is COS(=O)(=O)C(F)(F)F.Sc1ccc(Oc2ccccc2)cc1. The molecule has 0 saturated heterocycles. The fourth-order valence-corrected chi connectivity index (χ4v) is 1.57. The molecule has 0 amide bonds. The Labute approximate surface area is 137 Å². The van der Waals surface area contributed by atoms with E-state index < -0.39 is 15.6 Å². The van der Waals surface area contributed by atoms with Gasteiger partial charge in [0.05, 0.1) is 7.11 Å². The first-order valence-corrected chi connectivity index (χ1v) is 7.90. The van der Waals surface area contributed by atoms with Crippen molar-refractivity contribution >= 4 is 22.7 Å². The summed E-state index contributed by atoms with van der Waals surface area (Å²) in [5.74, 6) is 1.67. The predicted molar refractivity (Wildman–Crippen MR) is 82.2 cm³/mol. The van der Waals surface area contributed by atoms with E-state index in [4.69, 9.17) is 4.74 Å². The maximum atomic E-state index is 11.1. The lowest BCUT2D eigenvalue weighted by atomic mass is 10.3. The highest BCUT2D eigenvalue weighted by atomic mass is 32.2.